The number of rotatable bonds is 11. The van der Waals surface area contributed by atoms with E-state index in [2.05, 4.69) is 15.6 Å². The number of alkyl halides is 3. The quantitative estimate of drug-likeness (QED) is 0.344. The Bertz CT molecular complexity index is 1090. The fourth-order valence-corrected chi connectivity index (χ4v) is 4.10. The monoisotopic (exact) mass is 545 g/mol. The molecule has 1 aliphatic rings. The predicted octanol–water partition coefficient (Wildman–Crippen LogP) is 4.81. The Labute approximate surface area is 216 Å². The van der Waals surface area contributed by atoms with E-state index in [1.165, 1.54) is 13.2 Å². The van der Waals surface area contributed by atoms with E-state index in [4.69, 9.17) is 30.9 Å². The van der Waals surface area contributed by atoms with Crippen LogP contribution in [0.25, 0.3) is 0 Å². The van der Waals surface area contributed by atoms with Gasteiger partial charge in [0.25, 0.3) is 11.8 Å². The number of carboxylic acid groups (broad SMARTS) is 1. The van der Waals surface area contributed by atoms with Crippen molar-refractivity contribution < 1.29 is 42.1 Å². The zero-order valence-corrected chi connectivity index (χ0v) is 20.7. The highest BCUT2D eigenvalue weighted by Crippen LogP contribution is 2.33. The molecule has 1 fully saturated rings. The summed E-state index contributed by atoms with van der Waals surface area (Å²) in [6, 6.07) is 6.48. The molecule has 2 aromatic rings. The van der Waals surface area contributed by atoms with Crippen LogP contribution < -0.4 is 20.1 Å². The molecule has 0 radical (unpaired) electrons. The van der Waals surface area contributed by atoms with Crippen LogP contribution in [0.5, 0.6) is 11.6 Å². The highest BCUT2D eigenvalue weighted by atomic mass is 35.5. The average molecular weight is 546 g/mol. The molecule has 0 spiro atoms. The fourth-order valence-electron chi connectivity index (χ4n) is 3.86. The molecule has 13 heteroatoms. The topological polar surface area (TPSA) is 119 Å². The third kappa shape index (κ3) is 8.12. The Morgan fingerprint density at radius 2 is 1.86 bits per heavy atom. The van der Waals surface area contributed by atoms with Crippen LogP contribution in [0, 0.1) is 11.8 Å². The Balaban J connectivity index is 1.53. The van der Waals surface area contributed by atoms with Gasteiger partial charge in [0.1, 0.15) is 5.69 Å². The number of anilines is 1. The maximum atomic E-state index is 12.9. The number of benzene rings is 1. The van der Waals surface area contributed by atoms with Crippen molar-refractivity contribution in [2.45, 2.75) is 31.9 Å². The van der Waals surface area contributed by atoms with Crippen LogP contribution in [0.4, 0.5) is 18.9 Å². The number of hydrogen-bond donors (Lipinski definition) is 3. The number of carbonyl (C=O) groups excluding carboxylic acids is 1. The van der Waals surface area contributed by atoms with Crippen LogP contribution in [0.1, 0.15) is 41.7 Å². The van der Waals surface area contributed by atoms with Gasteiger partial charge < -0.3 is 30.0 Å². The molecule has 1 aromatic heterocycles. The lowest BCUT2D eigenvalue weighted by atomic mass is 9.82. The van der Waals surface area contributed by atoms with Crippen LogP contribution in [-0.2, 0) is 15.7 Å². The summed E-state index contributed by atoms with van der Waals surface area (Å²) in [5, 5.41) is 15.1. The van der Waals surface area contributed by atoms with Crippen LogP contribution in [0.2, 0.25) is 5.02 Å². The maximum absolute atomic E-state index is 12.9. The van der Waals surface area contributed by atoms with Crippen molar-refractivity contribution in [1.29, 1.82) is 0 Å². The highest BCUT2D eigenvalue weighted by molar-refractivity contribution is 6.33. The molecular formula is C24H27ClF3N3O6. The number of nitrogens with zero attached hydrogens (tertiary/aromatic N) is 1. The predicted molar refractivity (Wildman–Crippen MR) is 128 cm³/mol. The first kappa shape index (κ1) is 28.3. The maximum Gasteiger partial charge on any atom is 0.433 e. The molecule has 1 aliphatic carbocycles. The van der Waals surface area contributed by atoms with Gasteiger partial charge in [-0.05, 0) is 61.9 Å². The van der Waals surface area contributed by atoms with Crippen molar-refractivity contribution >= 4 is 29.2 Å². The van der Waals surface area contributed by atoms with Crippen LogP contribution >= 0.6 is 11.6 Å². The second kappa shape index (κ2) is 12.8. The van der Waals surface area contributed by atoms with Gasteiger partial charge in [0.2, 0.25) is 0 Å². The summed E-state index contributed by atoms with van der Waals surface area (Å²) >= 11 is 6.29. The summed E-state index contributed by atoms with van der Waals surface area (Å²) in [7, 11) is 1.31. The molecule has 0 atom stereocenters. The van der Waals surface area contributed by atoms with Gasteiger partial charge in [-0.2, -0.15) is 13.2 Å². The Hall–Kier alpha value is -3.25. The normalized spacial score (nSPS) is 17.6. The molecule has 0 aliphatic heterocycles. The van der Waals surface area contributed by atoms with E-state index in [1.807, 2.05) is 0 Å². The SMILES string of the molecule is COCOc1nc(C(F)(F)F)ccc1OCNc1ccc(C(=O)NCC2CCC(C(=O)O)CC2)cc1Cl. The van der Waals surface area contributed by atoms with E-state index < -0.39 is 17.8 Å². The summed E-state index contributed by atoms with van der Waals surface area (Å²) in [5.74, 6) is -1.58. The summed E-state index contributed by atoms with van der Waals surface area (Å²) in [5.41, 5.74) is -0.355. The lowest BCUT2D eigenvalue weighted by Gasteiger charge is -2.26. The van der Waals surface area contributed by atoms with Gasteiger partial charge in [-0.15, -0.1) is 0 Å². The summed E-state index contributed by atoms with van der Waals surface area (Å²) in [4.78, 5) is 27.0. The van der Waals surface area contributed by atoms with Gasteiger partial charge in [-0.25, -0.2) is 4.98 Å². The number of hydrogen-bond acceptors (Lipinski definition) is 7. The summed E-state index contributed by atoms with van der Waals surface area (Å²) in [6.07, 6.45) is -1.95. The number of halogens is 4. The molecular weight excluding hydrogens is 519 g/mol. The zero-order valence-electron chi connectivity index (χ0n) is 19.9. The molecule has 37 heavy (non-hydrogen) atoms. The Kier molecular flexibility index (Phi) is 9.81. The molecule has 0 unspecified atom stereocenters. The van der Waals surface area contributed by atoms with Gasteiger partial charge in [0.15, 0.2) is 19.3 Å². The number of carboxylic acids is 1. The molecule has 0 saturated heterocycles. The standard InChI is InChI=1S/C24H27ClF3N3O6/c1-35-13-37-22-19(8-9-20(31-22)24(26,27)28)36-12-30-18-7-6-16(10-17(18)25)21(32)29-11-14-2-4-15(5-3-14)23(33)34/h6-10,14-15,30H,2-5,11-13H2,1H3,(H,29,32)(H,33,34). The molecule has 0 bridgehead atoms. The van der Waals surface area contributed by atoms with Crippen molar-refractivity contribution in [1.82, 2.24) is 10.3 Å². The largest absolute Gasteiger partial charge is 0.481 e. The second-order valence-electron chi connectivity index (χ2n) is 8.47. The highest BCUT2D eigenvalue weighted by Gasteiger charge is 2.33. The molecule has 9 nitrogen and oxygen atoms in total. The Morgan fingerprint density at radius 1 is 1.14 bits per heavy atom. The van der Waals surface area contributed by atoms with E-state index >= 15 is 0 Å². The molecule has 202 valence electrons. The minimum atomic E-state index is -4.65. The number of aliphatic carboxylic acids is 1. The van der Waals surface area contributed by atoms with Gasteiger partial charge >= 0.3 is 12.1 Å². The van der Waals surface area contributed by atoms with Crippen LogP contribution in [0.3, 0.4) is 0 Å². The van der Waals surface area contributed by atoms with Crippen molar-refractivity contribution in [3.8, 4) is 11.6 Å². The minimum absolute atomic E-state index is 0.0398. The first-order valence-electron chi connectivity index (χ1n) is 11.5. The number of nitrogens with one attached hydrogen (secondary N) is 2. The van der Waals surface area contributed by atoms with Crippen molar-refractivity contribution in [3.05, 3.63) is 46.6 Å². The number of amides is 1. The van der Waals surface area contributed by atoms with E-state index in [9.17, 15) is 22.8 Å². The number of pyridine rings is 1. The van der Waals surface area contributed by atoms with E-state index in [0.717, 1.165) is 25.0 Å². The van der Waals surface area contributed by atoms with Gasteiger partial charge in [0.05, 0.1) is 16.6 Å². The first-order chi connectivity index (χ1) is 17.6. The van der Waals surface area contributed by atoms with Gasteiger partial charge in [-0.1, -0.05) is 11.6 Å². The fraction of sp³-hybridized carbons (Fsp3) is 0.458. The molecule has 1 aromatic carbocycles. The number of methoxy groups -OCH3 is 1. The second-order valence-corrected chi connectivity index (χ2v) is 8.88. The van der Waals surface area contributed by atoms with Gasteiger partial charge in [0, 0.05) is 19.2 Å². The van der Waals surface area contributed by atoms with E-state index in [0.29, 0.717) is 30.6 Å². The molecule has 1 amide bonds. The van der Waals surface area contributed by atoms with Crippen molar-refractivity contribution in [3.63, 3.8) is 0 Å². The summed E-state index contributed by atoms with van der Waals surface area (Å²) in [6.45, 7) is -0.0526. The molecule has 1 heterocycles. The molecule has 1 saturated carbocycles. The van der Waals surface area contributed by atoms with Crippen molar-refractivity contribution in [2.24, 2.45) is 11.8 Å². The summed E-state index contributed by atoms with van der Waals surface area (Å²) < 4.78 is 54.1. The number of aromatic nitrogens is 1. The van der Waals surface area contributed by atoms with Crippen LogP contribution in [-0.4, -0.2) is 49.1 Å². The molecule has 3 rings (SSSR count). The lowest BCUT2D eigenvalue weighted by molar-refractivity contribution is -0.143. The lowest BCUT2D eigenvalue weighted by Crippen LogP contribution is -2.32. The van der Waals surface area contributed by atoms with E-state index in [1.54, 1.807) is 12.1 Å². The Morgan fingerprint density at radius 3 is 2.49 bits per heavy atom. The average Bonchev–Trinajstić information content (AvgIpc) is 2.87. The smallest absolute Gasteiger partial charge is 0.433 e. The number of carbonyl (C=O) groups is 2. The van der Waals surface area contributed by atoms with Crippen LogP contribution in [0.15, 0.2) is 30.3 Å². The zero-order chi connectivity index (χ0) is 27.0. The number of ether oxygens (including phenoxy) is 3. The van der Waals surface area contributed by atoms with Crippen molar-refractivity contribution in [2.75, 3.05) is 32.5 Å². The van der Waals surface area contributed by atoms with E-state index in [-0.39, 0.29) is 47.9 Å². The van der Waals surface area contributed by atoms with Gasteiger partial charge in [-0.3, -0.25) is 9.59 Å². The third-order valence-electron chi connectivity index (χ3n) is 5.90. The molecule has 3 N–H and O–H groups in total. The minimum Gasteiger partial charge on any atom is -0.481 e. The first-order valence-corrected chi connectivity index (χ1v) is 11.8. The third-order valence-corrected chi connectivity index (χ3v) is 6.21.